The molecule has 0 saturated heterocycles. The number of hydrogen-bond donors (Lipinski definition) is 1. The Morgan fingerprint density at radius 3 is 2.78 bits per heavy atom. The molecule has 0 fully saturated rings. The molecule has 0 atom stereocenters. The van der Waals surface area contributed by atoms with Crippen LogP contribution in [0.2, 0.25) is 0 Å². The van der Waals surface area contributed by atoms with Gasteiger partial charge in [-0.25, -0.2) is 9.78 Å². The number of nitrogens with zero attached hydrogens (tertiary/aromatic N) is 1. The first-order valence-electron chi connectivity index (χ1n) is 7.42. The van der Waals surface area contributed by atoms with Gasteiger partial charge in [0.2, 0.25) is 5.91 Å². The van der Waals surface area contributed by atoms with Gasteiger partial charge in [0.1, 0.15) is 0 Å². The van der Waals surface area contributed by atoms with Crippen LogP contribution >= 0.6 is 11.3 Å². The number of aryl methyl sites for hydroxylation is 1. The molecule has 0 spiro atoms. The van der Waals surface area contributed by atoms with Crippen molar-refractivity contribution in [2.45, 2.75) is 32.6 Å². The number of rotatable bonds is 6. The van der Waals surface area contributed by atoms with Crippen molar-refractivity contribution in [2.75, 3.05) is 12.4 Å². The van der Waals surface area contributed by atoms with Gasteiger partial charge < -0.3 is 10.1 Å². The molecule has 1 amide bonds. The predicted octanol–water partition coefficient (Wildman–Crippen LogP) is 3.62. The Labute approximate surface area is 139 Å². The Balaban J connectivity index is 1.90. The van der Waals surface area contributed by atoms with Gasteiger partial charge in [0, 0.05) is 23.9 Å². The van der Waals surface area contributed by atoms with E-state index in [-0.39, 0.29) is 5.91 Å². The maximum Gasteiger partial charge on any atom is 0.337 e. The Morgan fingerprint density at radius 1 is 1.35 bits per heavy atom. The minimum atomic E-state index is -0.426. The zero-order chi connectivity index (χ0) is 16.8. The van der Waals surface area contributed by atoms with E-state index in [9.17, 15) is 9.59 Å². The van der Waals surface area contributed by atoms with Crippen LogP contribution in [0.4, 0.5) is 5.69 Å². The second-order valence-corrected chi connectivity index (χ2v) is 6.38. The third kappa shape index (κ3) is 4.89. The molecule has 0 aliphatic rings. The summed E-state index contributed by atoms with van der Waals surface area (Å²) in [5.74, 6) is -0.131. The molecule has 0 radical (unpaired) electrons. The third-order valence-electron chi connectivity index (χ3n) is 3.29. The maximum atomic E-state index is 12.0. The molecular weight excluding hydrogens is 312 g/mol. The van der Waals surface area contributed by atoms with Crippen molar-refractivity contribution in [1.82, 2.24) is 4.98 Å². The van der Waals surface area contributed by atoms with E-state index in [4.69, 9.17) is 0 Å². The predicted molar refractivity (Wildman–Crippen MR) is 90.9 cm³/mol. The largest absolute Gasteiger partial charge is 0.465 e. The molecule has 5 nitrogen and oxygen atoms in total. The maximum absolute atomic E-state index is 12.0. The lowest BCUT2D eigenvalue weighted by Gasteiger charge is -2.06. The molecule has 1 heterocycles. The molecule has 2 rings (SSSR count). The average Bonchev–Trinajstić information content (AvgIpc) is 3.01. The van der Waals surface area contributed by atoms with Gasteiger partial charge in [-0.1, -0.05) is 19.9 Å². The van der Waals surface area contributed by atoms with Gasteiger partial charge in [0.05, 0.1) is 23.4 Å². The zero-order valence-corrected chi connectivity index (χ0v) is 14.3. The summed E-state index contributed by atoms with van der Waals surface area (Å²) < 4.78 is 4.66. The minimum absolute atomic E-state index is 0.103. The lowest BCUT2D eigenvalue weighted by atomic mass is 10.2. The van der Waals surface area contributed by atoms with Crippen LogP contribution in [0.3, 0.4) is 0 Å². The van der Waals surface area contributed by atoms with E-state index in [1.807, 2.05) is 5.38 Å². The summed E-state index contributed by atoms with van der Waals surface area (Å²) in [6.07, 6.45) is 0.966. The van der Waals surface area contributed by atoms with Crippen LogP contribution in [-0.4, -0.2) is 24.0 Å². The SMILES string of the molecule is COC(=O)c1cccc(NC(=O)CCc2nc(C(C)C)cs2)c1. The van der Waals surface area contributed by atoms with Crippen LogP contribution in [-0.2, 0) is 16.0 Å². The van der Waals surface area contributed by atoms with E-state index in [1.54, 1.807) is 35.6 Å². The number of amides is 1. The van der Waals surface area contributed by atoms with Gasteiger partial charge in [-0.2, -0.15) is 0 Å². The van der Waals surface area contributed by atoms with E-state index in [2.05, 4.69) is 28.9 Å². The van der Waals surface area contributed by atoms with Gasteiger partial charge in [-0.05, 0) is 24.1 Å². The Bertz CT molecular complexity index is 695. The molecule has 23 heavy (non-hydrogen) atoms. The number of methoxy groups -OCH3 is 1. The minimum Gasteiger partial charge on any atom is -0.465 e. The summed E-state index contributed by atoms with van der Waals surface area (Å²) >= 11 is 1.58. The molecule has 0 aliphatic heterocycles. The summed E-state index contributed by atoms with van der Waals surface area (Å²) in [6.45, 7) is 4.19. The molecule has 1 aromatic heterocycles. The molecular formula is C17H20N2O3S. The molecule has 1 N–H and O–H groups in total. The van der Waals surface area contributed by atoms with Gasteiger partial charge in [0.25, 0.3) is 0 Å². The van der Waals surface area contributed by atoms with Crippen molar-refractivity contribution in [3.8, 4) is 0 Å². The molecule has 6 heteroatoms. The number of nitrogens with one attached hydrogen (secondary N) is 1. The van der Waals surface area contributed by atoms with Crippen LogP contribution in [0.1, 0.15) is 47.2 Å². The molecule has 122 valence electrons. The number of anilines is 1. The monoisotopic (exact) mass is 332 g/mol. The first-order chi connectivity index (χ1) is 11.0. The molecule has 0 aliphatic carbocycles. The van der Waals surface area contributed by atoms with E-state index >= 15 is 0 Å². The van der Waals surface area contributed by atoms with E-state index in [0.717, 1.165) is 10.7 Å². The highest BCUT2D eigenvalue weighted by Crippen LogP contribution is 2.19. The zero-order valence-electron chi connectivity index (χ0n) is 13.5. The summed E-state index contributed by atoms with van der Waals surface area (Å²) in [7, 11) is 1.33. The number of aromatic nitrogens is 1. The number of carbonyl (C=O) groups excluding carboxylic acids is 2. The van der Waals surface area contributed by atoms with Gasteiger partial charge in [0.15, 0.2) is 0 Å². The summed E-state index contributed by atoms with van der Waals surface area (Å²) in [5.41, 5.74) is 2.06. The van der Waals surface area contributed by atoms with E-state index in [0.29, 0.717) is 30.0 Å². The first-order valence-corrected chi connectivity index (χ1v) is 8.30. The second-order valence-electron chi connectivity index (χ2n) is 5.44. The normalized spacial score (nSPS) is 10.6. The molecule has 0 unspecified atom stereocenters. The highest BCUT2D eigenvalue weighted by molar-refractivity contribution is 7.09. The number of ether oxygens (including phenoxy) is 1. The molecule has 2 aromatic rings. The second kappa shape index (κ2) is 7.87. The fraction of sp³-hybridized carbons (Fsp3) is 0.353. The van der Waals surface area contributed by atoms with Gasteiger partial charge >= 0.3 is 5.97 Å². The van der Waals surface area contributed by atoms with Crippen LogP contribution in [0.5, 0.6) is 0 Å². The molecule has 1 aromatic carbocycles. The van der Waals surface area contributed by atoms with Crippen molar-refractivity contribution in [3.05, 3.63) is 45.9 Å². The fourth-order valence-electron chi connectivity index (χ4n) is 1.99. The fourth-order valence-corrected chi connectivity index (χ4v) is 2.95. The number of esters is 1. The Morgan fingerprint density at radius 2 is 2.13 bits per heavy atom. The third-order valence-corrected chi connectivity index (χ3v) is 4.22. The average molecular weight is 332 g/mol. The lowest BCUT2D eigenvalue weighted by molar-refractivity contribution is -0.116. The van der Waals surface area contributed by atoms with Crippen molar-refractivity contribution < 1.29 is 14.3 Å². The van der Waals surface area contributed by atoms with Crippen molar-refractivity contribution in [2.24, 2.45) is 0 Å². The number of hydrogen-bond acceptors (Lipinski definition) is 5. The van der Waals surface area contributed by atoms with Crippen molar-refractivity contribution >= 4 is 28.9 Å². The summed E-state index contributed by atoms with van der Waals surface area (Å²) in [4.78, 5) is 28.0. The summed E-state index contributed by atoms with van der Waals surface area (Å²) in [5, 5.41) is 5.80. The topological polar surface area (TPSA) is 68.3 Å². The number of thiazole rings is 1. The van der Waals surface area contributed by atoms with Crippen molar-refractivity contribution in [3.63, 3.8) is 0 Å². The summed E-state index contributed by atoms with van der Waals surface area (Å²) in [6, 6.07) is 6.69. The van der Waals surface area contributed by atoms with Gasteiger partial charge in [-0.3, -0.25) is 4.79 Å². The Kier molecular flexibility index (Phi) is 5.87. The van der Waals surface area contributed by atoms with Crippen molar-refractivity contribution in [1.29, 1.82) is 0 Å². The number of benzene rings is 1. The van der Waals surface area contributed by atoms with Crippen LogP contribution < -0.4 is 5.32 Å². The number of carbonyl (C=O) groups is 2. The van der Waals surface area contributed by atoms with Crippen LogP contribution in [0, 0.1) is 0 Å². The standard InChI is InChI=1S/C17H20N2O3S/c1-11(2)14-10-23-16(19-14)8-7-15(20)18-13-6-4-5-12(9-13)17(21)22-3/h4-6,9-11H,7-8H2,1-3H3,(H,18,20). The quantitative estimate of drug-likeness (QED) is 0.820. The first kappa shape index (κ1) is 17.1. The van der Waals surface area contributed by atoms with E-state index in [1.165, 1.54) is 7.11 Å². The lowest BCUT2D eigenvalue weighted by Crippen LogP contribution is -2.13. The van der Waals surface area contributed by atoms with Crippen LogP contribution in [0.15, 0.2) is 29.6 Å². The highest BCUT2D eigenvalue weighted by Gasteiger charge is 2.10. The highest BCUT2D eigenvalue weighted by atomic mass is 32.1. The smallest absolute Gasteiger partial charge is 0.337 e. The van der Waals surface area contributed by atoms with E-state index < -0.39 is 5.97 Å². The molecule has 0 saturated carbocycles. The van der Waals surface area contributed by atoms with Gasteiger partial charge in [-0.15, -0.1) is 11.3 Å². The molecule has 0 bridgehead atoms. The van der Waals surface area contributed by atoms with Crippen LogP contribution in [0.25, 0.3) is 0 Å². The Hall–Kier alpha value is -2.21.